The van der Waals surface area contributed by atoms with Gasteiger partial charge in [0.25, 0.3) is 0 Å². The van der Waals surface area contributed by atoms with Crippen LogP contribution in [0.5, 0.6) is 0 Å². The zero-order valence-electron chi connectivity index (χ0n) is 11.5. The van der Waals surface area contributed by atoms with Crippen molar-refractivity contribution < 1.29 is 4.55 Å². The molecule has 2 heteroatoms. The van der Waals surface area contributed by atoms with Crippen molar-refractivity contribution in [1.29, 1.82) is 0 Å². The van der Waals surface area contributed by atoms with Gasteiger partial charge < -0.3 is 4.55 Å². The number of rotatable bonds is 3. The van der Waals surface area contributed by atoms with Crippen LogP contribution in [0.1, 0.15) is 6.92 Å². The second kappa shape index (κ2) is 5.31. The molecular formula is C18H18OS. The number of hydrogen-bond acceptors (Lipinski definition) is 1. The zero-order chi connectivity index (χ0) is 14.0. The Morgan fingerprint density at radius 3 is 2.20 bits per heavy atom. The first kappa shape index (κ1) is 13.2. The second-order valence-electron chi connectivity index (χ2n) is 4.78. The van der Waals surface area contributed by atoms with Crippen molar-refractivity contribution in [2.75, 3.05) is 5.75 Å². The molecule has 1 unspecified atom stereocenters. The van der Waals surface area contributed by atoms with Gasteiger partial charge >= 0.3 is 0 Å². The van der Waals surface area contributed by atoms with Crippen LogP contribution in [0.2, 0.25) is 0 Å². The van der Waals surface area contributed by atoms with Crippen LogP contribution in [0, 0.1) is 0 Å². The minimum atomic E-state index is -1.96. The fraction of sp³-hybridized carbons (Fsp3) is 0.111. The largest absolute Gasteiger partial charge is 0.343 e. The van der Waals surface area contributed by atoms with E-state index >= 15 is 0 Å². The minimum absolute atomic E-state index is 0.727. The zero-order valence-corrected chi connectivity index (χ0v) is 12.3. The maximum absolute atomic E-state index is 11.3. The molecule has 0 aliphatic rings. The van der Waals surface area contributed by atoms with Crippen LogP contribution in [-0.2, 0) is 0 Å². The Kier molecular flexibility index (Phi) is 3.51. The second-order valence-corrected chi connectivity index (χ2v) is 7.67. The maximum atomic E-state index is 11.3. The van der Waals surface area contributed by atoms with Gasteiger partial charge in [0, 0.05) is 15.5 Å². The molecule has 1 atom stereocenters. The Morgan fingerprint density at radius 1 is 0.800 bits per heavy atom. The van der Waals surface area contributed by atoms with Crippen molar-refractivity contribution in [3.05, 3.63) is 72.8 Å². The molecule has 0 spiro atoms. The first-order chi connectivity index (χ1) is 9.75. The molecule has 3 rings (SSSR count). The number of hydrogen-bond donors (Lipinski definition) is 1. The highest BCUT2D eigenvalue weighted by Crippen LogP contribution is 2.60. The summed E-state index contributed by atoms with van der Waals surface area (Å²) in [6.45, 7) is 2.06. The van der Waals surface area contributed by atoms with E-state index in [1.165, 1.54) is 5.39 Å². The molecule has 1 nitrogen and oxygen atoms in total. The van der Waals surface area contributed by atoms with E-state index < -0.39 is 10.3 Å². The van der Waals surface area contributed by atoms with Crippen LogP contribution < -0.4 is 0 Å². The maximum Gasteiger partial charge on any atom is 0.0247 e. The lowest BCUT2D eigenvalue weighted by Gasteiger charge is -2.34. The molecule has 0 aliphatic carbocycles. The van der Waals surface area contributed by atoms with E-state index in [2.05, 4.69) is 31.2 Å². The monoisotopic (exact) mass is 282 g/mol. The summed E-state index contributed by atoms with van der Waals surface area (Å²) in [5.41, 5.74) is 0. The van der Waals surface area contributed by atoms with Gasteiger partial charge in [-0.05, 0) is 29.0 Å². The summed E-state index contributed by atoms with van der Waals surface area (Å²) in [5, 5.41) is 2.33. The van der Waals surface area contributed by atoms with Gasteiger partial charge in [0.15, 0.2) is 0 Å². The quantitative estimate of drug-likeness (QED) is 0.667. The van der Waals surface area contributed by atoms with E-state index in [0.717, 1.165) is 20.9 Å². The van der Waals surface area contributed by atoms with Crippen LogP contribution >= 0.6 is 10.3 Å². The van der Waals surface area contributed by atoms with E-state index in [0.29, 0.717) is 0 Å². The van der Waals surface area contributed by atoms with Gasteiger partial charge in [-0.2, -0.15) is 0 Å². The van der Waals surface area contributed by atoms with E-state index in [9.17, 15) is 4.55 Å². The Balaban J connectivity index is 2.27. The van der Waals surface area contributed by atoms with E-state index in [4.69, 9.17) is 0 Å². The van der Waals surface area contributed by atoms with Gasteiger partial charge in [-0.25, -0.2) is 0 Å². The predicted molar refractivity (Wildman–Crippen MR) is 87.7 cm³/mol. The summed E-state index contributed by atoms with van der Waals surface area (Å²) in [4.78, 5) is 2.09. The third-order valence-electron chi connectivity index (χ3n) is 3.66. The Bertz CT molecular complexity index is 718. The number of benzene rings is 3. The molecule has 1 N–H and O–H groups in total. The molecule has 20 heavy (non-hydrogen) atoms. The molecule has 0 aliphatic heterocycles. The van der Waals surface area contributed by atoms with Crippen molar-refractivity contribution in [3.8, 4) is 0 Å². The summed E-state index contributed by atoms with van der Waals surface area (Å²) in [7, 11) is -1.96. The van der Waals surface area contributed by atoms with Crippen LogP contribution in [0.25, 0.3) is 10.8 Å². The molecule has 102 valence electrons. The van der Waals surface area contributed by atoms with Crippen molar-refractivity contribution in [2.45, 2.75) is 16.7 Å². The molecule has 3 aromatic carbocycles. The lowest BCUT2D eigenvalue weighted by atomic mass is 10.1. The third kappa shape index (κ3) is 2.11. The third-order valence-corrected chi connectivity index (χ3v) is 6.64. The molecule has 0 radical (unpaired) electrons. The average Bonchev–Trinajstić information content (AvgIpc) is 2.54. The molecule has 0 fully saturated rings. The highest BCUT2D eigenvalue weighted by Gasteiger charge is 2.25. The van der Waals surface area contributed by atoms with E-state index in [1.807, 2.05) is 48.5 Å². The first-order valence-corrected chi connectivity index (χ1v) is 8.58. The molecule has 0 saturated heterocycles. The van der Waals surface area contributed by atoms with Gasteiger partial charge in [-0.1, -0.05) is 71.8 Å². The topological polar surface area (TPSA) is 20.2 Å². The Hall–Kier alpha value is -1.77. The minimum Gasteiger partial charge on any atom is -0.343 e. The average molecular weight is 282 g/mol. The van der Waals surface area contributed by atoms with E-state index in [-0.39, 0.29) is 0 Å². The van der Waals surface area contributed by atoms with Crippen molar-refractivity contribution in [3.63, 3.8) is 0 Å². The molecule has 3 aromatic rings. The van der Waals surface area contributed by atoms with E-state index in [1.54, 1.807) is 0 Å². The standard InChI is InChI=1S/C18H18OS/c1-2-20(19,16-11-4-3-5-12-16)18-14-8-10-15-9-6-7-13-17(15)18/h3-14,19H,2H2,1H3. The highest BCUT2D eigenvalue weighted by atomic mass is 32.3. The fourth-order valence-electron chi connectivity index (χ4n) is 2.58. The molecular weight excluding hydrogens is 264 g/mol. The van der Waals surface area contributed by atoms with Gasteiger partial charge in [0.05, 0.1) is 0 Å². The molecule has 0 heterocycles. The van der Waals surface area contributed by atoms with Crippen LogP contribution in [0.3, 0.4) is 0 Å². The van der Waals surface area contributed by atoms with Crippen molar-refractivity contribution in [1.82, 2.24) is 0 Å². The first-order valence-electron chi connectivity index (χ1n) is 6.82. The molecule has 0 amide bonds. The Labute approximate surface area is 121 Å². The van der Waals surface area contributed by atoms with Crippen LogP contribution in [0.15, 0.2) is 82.6 Å². The van der Waals surface area contributed by atoms with Gasteiger partial charge in [-0.3, -0.25) is 0 Å². The fourth-order valence-corrected chi connectivity index (χ4v) is 4.94. The summed E-state index contributed by atoms with van der Waals surface area (Å²) >= 11 is 0. The van der Waals surface area contributed by atoms with Gasteiger partial charge in [0.1, 0.15) is 0 Å². The predicted octanol–water partition coefficient (Wildman–Crippen LogP) is 5.56. The summed E-state index contributed by atoms with van der Waals surface area (Å²) in [6.07, 6.45) is 0. The van der Waals surface area contributed by atoms with Gasteiger partial charge in [0.2, 0.25) is 0 Å². The summed E-state index contributed by atoms with van der Waals surface area (Å²) in [5.74, 6) is 0.727. The highest BCUT2D eigenvalue weighted by molar-refractivity contribution is 8.29. The number of fused-ring (bicyclic) bond motifs is 1. The van der Waals surface area contributed by atoms with Crippen LogP contribution in [-0.4, -0.2) is 10.3 Å². The SMILES string of the molecule is CCS(O)(c1ccccc1)c1cccc2ccccc12. The lowest BCUT2D eigenvalue weighted by molar-refractivity contribution is 0.626. The van der Waals surface area contributed by atoms with Crippen LogP contribution in [0.4, 0.5) is 0 Å². The smallest absolute Gasteiger partial charge is 0.0247 e. The lowest BCUT2D eigenvalue weighted by Crippen LogP contribution is -2.04. The van der Waals surface area contributed by atoms with Gasteiger partial charge in [-0.15, -0.1) is 0 Å². The molecule has 0 saturated carbocycles. The molecule has 0 bridgehead atoms. The summed E-state index contributed by atoms with van der Waals surface area (Å²) in [6, 6.07) is 24.5. The molecule has 0 aromatic heterocycles. The normalized spacial score (nSPS) is 15.7. The Morgan fingerprint density at radius 2 is 1.45 bits per heavy atom. The summed E-state index contributed by atoms with van der Waals surface area (Å²) < 4.78 is 11.3. The van der Waals surface area contributed by atoms with Crippen molar-refractivity contribution in [2.24, 2.45) is 0 Å². The van der Waals surface area contributed by atoms with Crippen molar-refractivity contribution >= 4 is 21.1 Å².